The minimum absolute atomic E-state index is 0.00126. The predicted molar refractivity (Wildman–Crippen MR) is 112 cm³/mol. The molecule has 0 saturated carbocycles. The van der Waals surface area contributed by atoms with E-state index in [9.17, 15) is 4.79 Å². The van der Waals surface area contributed by atoms with Crippen LogP contribution in [0.3, 0.4) is 0 Å². The molecule has 0 heterocycles. The van der Waals surface area contributed by atoms with Crippen LogP contribution in [0.25, 0.3) is 0 Å². The molecule has 0 unspecified atom stereocenters. The third-order valence-corrected chi connectivity index (χ3v) is 4.21. The third kappa shape index (κ3) is 5.74. The number of nitrogens with one attached hydrogen (secondary N) is 3. The maximum absolute atomic E-state index is 12.3. The lowest BCUT2D eigenvalue weighted by Crippen LogP contribution is -2.43. The van der Waals surface area contributed by atoms with Gasteiger partial charge in [-0.15, -0.1) is 0 Å². The Hall–Kier alpha value is -2.51. The molecule has 0 fully saturated rings. The Morgan fingerprint density at radius 3 is 2.56 bits per heavy atom. The van der Waals surface area contributed by atoms with Crippen molar-refractivity contribution in [1.29, 1.82) is 0 Å². The molecule has 3 N–H and O–H groups in total. The zero-order valence-corrected chi connectivity index (χ0v) is 17.1. The number of benzene rings is 2. The van der Waals surface area contributed by atoms with Crippen LogP contribution in [0.5, 0.6) is 11.5 Å². The highest BCUT2D eigenvalue weighted by Crippen LogP contribution is 2.29. The van der Waals surface area contributed by atoms with Crippen molar-refractivity contribution in [3.05, 3.63) is 52.5 Å². The Balaban J connectivity index is 1.98. The van der Waals surface area contributed by atoms with Crippen LogP contribution in [0.4, 0.5) is 5.69 Å². The first kappa shape index (κ1) is 20.8. The van der Waals surface area contributed by atoms with Gasteiger partial charge in [-0.05, 0) is 68.9 Å². The summed E-state index contributed by atoms with van der Waals surface area (Å²) in [6.07, 6.45) is -0.00126. The van der Waals surface area contributed by atoms with E-state index in [2.05, 4.69) is 16.2 Å². The highest BCUT2D eigenvalue weighted by Gasteiger charge is 2.12. The average molecular weight is 408 g/mol. The molecule has 0 aliphatic heterocycles. The van der Waals surface area contributed by atoms with Gasteiger partial charge in [-0.1, -0.05) is 17.7 Å². The molecule has 0 bridgehead atoms. The van der Waals surface area contributed by atoms with Crippen molar-refractivity contribution in [3.63, 3.8) is 0 Å². The number of amides is 1. The monoisotopic (exact) mass is 407 g/mol. The Bertz CT molecular complexity index is 843. The van der Waals surface area contributed by atoms with E-state index in [1.807, 2.05) is 32.9 Å². The second kappa shape index (κ2) is 9.43. The number of carbonyl (C=O) groups excluding carboxylic acids is 1. The first-order valence-corrected chi connectivity index (χ1v) is 9.07. The molecule has 0 saturated heterocycles. The summed E-state index contributed by atoms with van der Waals surface area (Å²) in [5.41, 5.74) is 7.23. The molecular weight excluding hydrogens is 386 g/mol. The van der Waals surface area contributed by atoms with Gasteiger partial charge in [-0.3, -0.25) is 15.6 Å². The summed E-state index contributed by atoms with van der Waals surface area (Å²) < 4.78 is 10.9. The van der Waals surface area contributed by atoms with Gasteiger partial charge < -0.3 is 14.8 Å². The number of ether oxygens (including phenoxy) is 2. The predicted octanol–water partition coefficient (Wildman–Crippen LogP) is 4.08. The summed E-state index contributed by atoms with van der Waals surface area (Å²) in [7, 11) is 1.52. The lowest BCUT2D eigenvalue weighted by atomic mass is 10.2. The highest BCUT2D eigenvalue weighted by molar-refractivity contribution is 7.80. The summed E-state index contributed by atoms with van der Waals surface area (Å²) in [6.45, 7) is 5.71. The van der Waals surface area contributed by atoms with Crippen LogP contribution in [-0.4, -0.2) is 24.2 Å². The number of hydrazine groups is 1. The molecule has 0 spiro atoms. The SMILES string of the molecule is COc1cc(C(=O)NNC(=S)Nc2cccc(Cl)c2C)ccc1OC(C)C. The Kier molecular flexibility index (Phi) is 7.27. The van der Waals surface area contributed by atoms with E-state index in [0.717, 1.165) is 11.3 Å². The van der Waals surface area contributed by atoms with Gasteiger partial charge >= 0.3 is 0 Å². The van der Waals surface area contributed by atoms with Gasteiger partial charge in [0.15, 0.2) is 16.6 Å². The van der Waals surface area contributed by atoms with Crippen LogP contribution in [0.15, 0.2) is 36.4 Å². The largest absolute Gasteiger partial charge is 0.493 e. The van der Waals surface area contributed by atoms with Gasteiger partial charge in [0.25, 0.3) is 5.91 Å². The number of anilines is 1. The molecule has 0 aliphatic rings. The second-order valence-electron chi connectivity index (χ2n) is 5.98. The van der Waals surface area contributed by atoms with E-state index < -0.39 is 0 Å². The number of halogens is 1. The van der Waals surface area contributed by atoms with Gasteiger partial charge in [-0.2, -0.15) is 0 Å². The van der Waals surface area contributed by atoms with Gasteiger partial charge in [0.1, 0.15) is 0 Å². The maximum Gasteiger partial charge on any atom is 0.269 e. The number of methoxy groups -OCH3 is 1. The van der Waals surface area contributed by atoms with Crippen LogP contribution < -0.4 is 25.6 Å². The number of rotatable bonds is 5. The minimum atomic E-state index is -0.364. The fourth-order valence-corrected chi connectivity index (χ4v) is 2.58. The Morgan fingerprint density at radius 2 is 1.89 bits per heavy atom. The average Bonchev–Trinajstić information content (AvgIpc) is 2.63. The van der Waals surface area contributed by atoms with Crippen molar-refractivity contribution in [3.8, 4) is 11.5 Å². The lowest BCUT2D eigenvalue weighted by molar-refractivity contribution is 0.0943. The highest BCUT2D eigenvalue weighted by atomic mass is 35.5. The molecule has 27 heavy (non-hydrogen) atoms. The fourth-order valence-electron chi connectivity index (χ4n) is 2.24. The summed E-state index contributed by atoms with van der Waals surface area (Å²) in [5.74, 6) is 0.689. The first-order valence-electron chi connectivity index (χ1n) is 8.29. The zero-order chi connectivity index (χ0) is 20.0. The topological polar surface area (TPSA) is 71.6 Å². The van der Waals surface area contributed by atoms with Crippen molar-refractivity contribution in [1.82, 2.24) is 10.9 Å². The summed E-state index contributed by atoms with van der Waals surface area (Å²) in [4.78, 5) is 12.3. The Morgan fingerprint density at radius 1 is 1.15 bits per heavy atom. The molecule has 1 amide bonds. The first-order chi connectivity index (χ1) is 12.8. The standard InChI is InChI=1S/C19H22ClN3O3S/c1-11(2)26-16-9-8-13(10-17(16)25-4)18(24)22-23-19(27)21-15-7-5-6-14(20)12(15)3/h5-11H,1-4H3,(H,22,24)(H2,21,23,27). The number of hydrogen-bond acceptors (Lipinski definition) is 4. The van der Waals surface area contributed by atoms with Crippen molar-refractivity contribution in [2.45, 2.75) is 26.9 Å². The molecule has 2 rings (SSSR count). The van der Waals surface area contributed by atoms with Crippen LogP contribution >= 0.6 is 23.8 Å². The molecule has 144 valence electrons. The number of carbonyl (C=O) groups is 1. The molecule has 2 aromatic rings. The van der Waals surface area contributed by atoms with E-state index in [0.29, 0.717) is 22.1 Å². The van der Waals surface area contributed by atoms with E-state index in [4.69, 9.17) is 33.3 Å². The van der Waals surface area contributed by atoms with Crippen molar-refractivity contribution < 1.29 is 14.3 Å². The van der Waals surface area contributed by atoms with Crippen molar-refractivity contribution in [2.24, 2.45) is 0 Å². The number of hydrogen-bond donors (Lipinski definition) is 3. The lowest BCUT2D eigenvalue weighted by Gasteiger charge is -2.16. The molecule has 8 heteroatoms. The number of thiocarbonyl (C=S) groups is 1. The van der Waals surface area contributed by atoms with Crippen LogP contribution in [0.1, 0.15) is 29.8 Å². The van der Waals surface area contributed by atoms with Crippen LogP contribution in [0, 0.1) is 6.92 Å². The Labute approximate surface area is 169 Å². The van der Waals surface area contributed by atoms with Crippen LogP contribution in [0.2, 0.25) is 5.02 Å². The normalized spacial score (nSPS) is 10.3. The van der Waals surface area contributed by atoms with Gasteiger partial charge in [-0.25, -0.2) is 0 Å². The fraction of sp³-hybridized carbons (Fsp3) is 0.263. The van der Waals surface area contributed by atoms with Crippen LogP contribution in [-0.2, 0) is 0 Å². The van der Waals surface area contributed by atoms with E-state index in [1.165, 1.54) is 7.11 Å². The van der Waals surface area contributed by atoms with Gasteiger partial charge in [0, 0.05) is 16.3 Å². The second-order valence-corrected chi connectivity index (χ2v) is 6.79. The molecular formula is C19H22ClN3O3S. The quantitative estimate of drug-likeness (QED) is 0.512. The third-order valence-electron chi connectivity index (χ3n) is 3.59. The van der Waals surface area contributed by atoms with Gasteiger partial charge in [0.05, 0.1) is 13.2 Å². The molecule has 0 aliphatic carbocycles. The molecule has 0 aromatic heterocycles. The molecule has 0 radical (unpaired) electrons. The van der Waals surface area contributed by atoms with Crippen molar-refractivity contribution >= 4 is 40.5 Å². The van der Waals surface area contributed by atoms with E-state index in [-0.39, 0.29) is 17.1 Å². The summed E-state index contributed by atoms with van der Waals surface area (Å²) >= 11 is 11.3. The van der Waals surface area contributed by atoms with Crippen molar-refractivity contribution in [2.75, 3.05) is 12.4 Å². The maximum atomic E-state index is 12.3. The molecule has 6 nitrogen and oxygen atoms in total. The van der Waals surface area contributed by atoms with E-state index in [1.54, 1.807) is 24.3 Å². The summed E-state index contributed by atoms with van der Waals surface area (Å²) in [5, 5.41) is 3.85. The van der Waals surface area contributed by atoms with E-state index >= 15 is 0 Å². The molecule has 0 atom stereocenters. The van der Waals surface area contributed by atoms with Gasteiger partial charge in [0.2, 0.25) is 0 Å². The molecule has 2 aromatic carbocycles. The smallest absolute Gasteiger partial charge is 0.269 e. The zero-order valence-electron chi connectivity index (χ0n) is 15.6. The summed E-state index contributed by atoms with van der Waals surface area (Å²) in [6, 6.07) is 10.4. The minimum Gasteiger partial charge on any atom is -0.493 e.